The molecule has 1 saturated heterocycles. The van der Waals surface area contributed by atoms with Gasteiger partial charge in [0.15, 0.2) is 0 Å². The van der Waals surface area contributed by atoms with Crippen molar-refractivity contribution in [3.05, 3.63) is 12.7 Å². The molecule has 2 fully saturated rings. The fourth-order valence-corrected chi connectivity index (χ4v) is 2.60. The Hall–Kier alpha value is -0.340. The largest absolute Gasteiger partial charge is 0.376 e. The molecule has 1 heterocycles. The van der Waals surface area contributed by atoms with Crippen molar-refractivity contribution >= 4 is 0 Å². The molecule has 2 unspecified atom stereocenters. The van der Waals surface area contributed by atoms with Crippen LogP contribution in [0, 0.1) is 5.92 Å². The smallest absolute Gasteiger partial charge is 0.0756 e. The van der Waals surface area contributed by atoms with Crippen LogP contribution in [0.4, 0.5) is 0 Å². The number of ether oxygens (including phenoxy) is 1. The average Bonchev–Trinajstić information content (AvgIpc) is 3.04. The van der Waals surface area contributed by atoms with Gasteiger partial charge in [0.1, 0.15) is 0 Å². The van der Waals surface area contributed by atoms with E-state index in [1.54, 1.807) is 0 Å². The van der Waals surface area contributed by atoms with Gasteiger partial charge in [-0.1, -0.05) is 12.5 Å². The second-order valence-electron chi connectivity index (χ2n) is 5.16. The molecule has 0 aromatic carbocycles. The molecule has 2 heteroatoms. The van der Waals surface area contributed by atoms with Crippen LogP contribution in [0.5, 0.6) is 0 Å². The van der Waals surface area contributed by atoms with E-state index in [1.165, 1.54) is 38.5 Å². The summed E-state index contributed by atoms with van der Waals surface area (Å²) in [5.74, 6) is 0.876. The zero-order chi connectivity index (χ0) is 11.2. The van der Waals surface area contributed by atoms with Crippen LogP contribution in [-0.4, -0.2) is 25.3 Å². The normalized spacial score (nSPS) is 29.5. The Bertz CT molecular complexity index is 213. The first-order valence-electron chi connectivity index (χ1n) is 6.87. The van der Waals surface area contributed by atoms with Gasteiger partial charge in [-0.05, 0) is 51.0 Å². The molecule has 0 aromatic heterocycles. The minimum Gasteiger partial charge on any atom is -0.376 e. The summed E-state index contributed by atoms with van der Waals surface area (Å²) in [6.45, 7) is 5.87. The third-order valence-electron chi connectivity index (χ3n) is 3.71. The summed E-state index contributed by atoms with van der Waals surface area (Å²) < 4.78 is 5.81. The van der Waals surface area contributed by atoms with Gasteiger partial charge < -0.3 is 10.1 Å². The van der Waals surface area contributed by atoms with Crippen molar-refractivity contribution in [2.45, 2.75) is 57.1 Å². The number of nitrogens with one attached hydrogen (secondary N) is 1. The molecule has 0 spiro atoms. The monoisotopic (exact) mass is 223 g/mol. The molecule has 0 amide bonds. The lowest BCUT2D eigenvalue weighted by Gasteiger charge is -2.19. The lowest BCUT2D eigenvalue weighted by atomic mass is 10.1. The highest BCUT2D eigenvalue weighted by molar-refractivity contribution is 4.93. The van der Waals surface area contributed by atoms with E-state index in [9.17, 15) is 0 Å². The van der Waals surface area contributed by atoms with Crippen LogP contribution in [0.1, 0.15) is 44.9 Å². The number of hydrogen-bond donors (Lipinski definition) is 1. The molecule has 92 valence electrons. The SMILES string of the molecule is C=CCCCCCNC1CCOC1C1CC1. The molecule has 0 aromatic rings. The molecule has 1 aliphatic carbocycles. The highest BCUT2D eigenvalue weighted by Gasteiger charge is 2.40. The lowest BCUT2D eigenvalue weighted by molar-refractivity contribution is 0.0811. The molecule has 0 radical (unpaired) electrons. The van der Waals surface area contributed by atoms with Gasteiger partial charge in [-0.3, -0.25) is 0 Å². The third-order valence-corrected chi connectivity index (χ3v) is 3.71. The Labute approximate surface area is 99.4 Å². The highest BCUT2D eigenvalue weighted by Crippen LogP contribution is 2.38. The molecule has 16 heavy (non-hydrogen) atoms. The van der Waals surface area contributed by atoms with Crippen LogP contribution in [0.2, 0.25) is 0 Å². The highest BCUT2D eigenvalue weighted by atomic mass is 16.5. The minimum atomic E-state index is 0.535. The van der Waals surface area contributed by atoms with Gasteiger partial charge in [0.2, 0.25) is 0 Å². The van der Waals surface area contributed by atoms with Gasteiger partial charge in [0.05, 0.1) is 6.10 Å². The van der Waals surface area contributed by atoms with E-state index >= 15 is 0 Å². The maximum absolute atomic E-state index is 5.81. The summed E-state index contributed by atoms with van der Waals surface area (Å²) in [6.07, 6.45) is 11.6. The average molecular weight is 223 g/mol. The van der Waals surface area contributed by atoms with Gasteiger partial charge in [-0.15, -0.1) is 6.58 Å². The second-order valence-corrected chi connectivity index (χ2v) is 5.16. The van der Waals surface area contributed by atoms with Crippen LogP contribution in [-0.2, 0) is 4.74 Å². The summed E-state index contributed by atoms with van der Waals surface area (Å²) in [5.41, 5.74) is 0. The molecule has 1 N–H and O–H groups in total. The van der Waals surface area contributed by atoms with Crippen LogP contribution >= 0.6 is 0 Å². The summed E-state index contributed by atoms with van der Waals surface area (Å²) >= 11 is 0. The molecule has 0 bridgehead atoms. The standard InChI is InChI=1S/C14H25NO/c1-2-3-4-5-6-10-15-13-9-11-16-14(13)12-7-8-12/h2,12-15H,1,3-11H2. The Morgan fingerprint density at radius 1 is 1.19 bits per heavy atom. The maximum Gasteiger partial charge on any atom is 0.0756 e. The van der Waals surface area contributed by atoms with Crippen molar-refractivity contribution in [3.63, 3.8) is 0 Å². The second kappa shape index (κ2) is 6.41. The molecule has 2 aliphatic rings. The van der Waals surface area contributed by atoms with Gasteiger partial charge >= 0.3 is 0 Å². The Morgan fingerprint density at radius 2 is 2.06 bits per heavy atom. The number of hydrogen-bond acceptors (Lipinski definition) is 2. The van der Waals surface area contributed by atoms with E-state index in [4.69, 9.17) is 4.74 Å². The molecule has 1 saturated carbocycles. The van der Waals surface area contributed by atoms with Crippen molar-refractivity contribution < 1.29 is 4.74 Å². The molecule has 2 atom stereocenters. The number of unbranched alkanes of at least 4 members (excludes halogenated alkanes) is 3. The maximum atomic E-state index is 5.81. The topological polar surface area (TPSA) is 21.3 Å². The first kappa shape index (κ1) is 12.1. The van der Waals surface area contributed by atoms with Crippen molar-refractivity contribution in [1.29, 1.82) is 0 Å². The van der Waals surface area contributed by atoms with Gasteiger partial charge in [-0.2, -0.15) is 0 Å². The van der Waals surface area contributed by atoms with Gasteiger partial charge in [-0.25, -0.2) is 0 Å². The molecule has 2 nitrogen and oxygen atoms in total. The van der Waals surface area contributed by atoms with Crippen molar-refractivity contribution in [3.8, 4) is 0 Å². The van der Waals surface area contributed by atoms with Crippen molar-refractivity contribution in [2.24, 2.45) is 5.92 Å². The summed E-state index contributed by atoms with van der Waals surface area (Å²) in [5, 5.41) is 3.68. The first-order valence-corrected chi connectivity index (χ1v) is 6.87. The van der Waals surface area contributed by atoms with E-state index in [1.807, 2.05) is 6.08 Å². The molecular weight excluding hydrogens is 198 g/mol. The molecule has 2 rings (SSSR count). The lowest BCUT2D eigenvalue weighted by Crippen LogP contribution is -2.38. The number of rotatable bonds is 8. The van der Waals surface area contributed by atoms with Crippen LogP contribution in [0.25, 0.3) is 0 Å². The van der Waals surface area contributed by atoms with E-state index < -0.39 is 0 Å². The summed E-state index contributed by atoms with van der Waals surface area (Å²) in [6, 6.07) is 0.645. The summed E-state index contributed by atoms with van der Waals surface area (Å²) in [7, 11) is 0. The van der Waals surface area contributed by atoms with Crippen LogP contribution in [0.15, 0.2) is 12.7 Å². The Balaban J connectivity index is 1.53. The molecular formula is C14H25NO. The van der Waals surface area contributed by atoms with Gasteiger partial charge in [0, 0.05) is 12.6 Å². The first-order chi connectivity index (χ1) is 7.92. The fourth-order valence-electron chi connectivity index (χ4n) is 2.60. The summed E-state index contributed by atoms with van der Waals surface area (Å²) in [4.78, 5) is 0. The quantitative estimate of drug-likeness (QED) is 0.504. The zero-order valence-corrected chi connectivity index (χ0v) is 10.3. The van der Waals surface area contributed by atoms with Crippen molar-refractivity contribution in [1.82, 2.24) is 5.32 Å². The van der Waals surface area contributed by atoms with E-state index in [0.29, 0.717) is 12.1 Å². The van der Waals surface area contributed by atoms with E-state index in [0.717, 1.165) is 25.5 Å². The van der Waals surface area contributed by atoms with Crippen molar-refractivity contribution in [2.75, 3.05) is 13.2 Å². The van der Waals surface area contributed by atoms with Crippen LogP contribution < -0.4 is 5.32 Å². The fraction of sp³-hybridized carbons (Fsp3) is 0.857. The van der Waals surface area contributed by atoms with E-state index in [2.05, 4.69) is 11.9 Å². The predicted molar refractivity (Wildman–Crippen MR) is 67.5 cm³/mol. The number of allylic oxidation sites excluding steroid dienone is 1. The van der Waals surface area contributed by atoms with Gasteiger partial charge in [0.25, 0.3) is 0 Å². The molecule has 1 aliphatic heterocycles. The third kappa shape index (κ3) is 3.60. The Kier molecular flexibility index (Phi) is 4.86. The zero-order valence-electron chi connectivity index (χ0n) is 10.3. The minimum absolute atomic E-state index is 0.535. The van der Waals surface area contributed by atoms with E-state index in [-0.39, 0.29) is 0 Å². The predicted octanol–water partition coefficient (Wildman–Crippen LogP) is 2.89. The Morgan fingerprint density at radius 3 is 2.81 bits per heavy atom. The van der Waals surface area contributed by atoms with Crippen LogP contribution in [0.3, 0.4) is 0 Å².